The number of hydrogen-bond donors (Lipinski definition) is 1. The molecular weight excluding hydrogens is 246 g/mol. The van der Waals surface area contributed by atoms with Crippen molar-refractivity contribution >= 4 is 27.2 Å². The number of anilines is 1. The average molecular weight is 257 g/mol. The Kier molecular flexibility index (Phi) is 2.60. The summed E-state index contributed by atoms with van der Waals surface area (Å²) >= 11 is 1.38. The maximum atomic E-state index is 5.64. The van der Waals surface area contributed by atoms with E-state index in [1.807, 2.05) is 36.4 Å². The van der Waals surface area contributed by atoms with Crippen molar-refractivity contribution in [1.82, 2.24) is 10.2 Å². The summed E-state index contributed by atoms with van der Waals surface area (Å²) in [5.41, 5.74) is 6.66. The highest BCUT2D eigenvalue weighted by Crippen LogP contribution is 2.35. The molecule has 0 fully saturated rings. The summed E-state index contributed by atoms with van der Waals surface area (Å²) in [6, 6.07) is 12.0. The molecule has 3 rings (SSSR count). The minimum absolute atomic E-state index is 0.477. The fourth-order valence-electron chi connectivity index (χ4n) is 1.98. The number of fused-ring (bicyclic) bond motifs is 1. The van der Waals surface area contributed by atoms with Gasteiger partial charge in [0.25, 0.3) is 0 Å². The quantitative estimate of drug-likeness (QED) is 0.766. The zero-order valence-corrected chi connectivity index (χ0v) is 10.6. The highest BCUT2D eigenvalue weighted by Gasteiger charge is 2.11. The van der Waals surface area contributed by atoms with E-state index in [0.717, 1.165) is 27.1 Å². The van der Waals surface area contributed by atoms with E-state index in [-0.39, 0.29) is 0 Å². The predicted octanol–water partition coefficient (Wildman–Crippen LogP) is 2.95. The lowest BCUT2D eigenvalue weighted by Gasteiger charge is -2.08. The van der Waals surface area contributed by atoms with Gasteiger partial charge in [-0.05, 0) is 17.5 Å². The number of rotatable bonds is 2. The summed E-state index contributed by atoms with van der Waals surface area (Å²) in [5.74, 6) is 0.854. The van der Waals surface area contributed by atoms with E-state index in [4.69, 9.17) is 10.5 Å². The van der Waals surface area contributed by atoms with Gasteiger partial charge in [-0.25, -0.2) is 0 Å². The monoisotopic (exact) mass is 257 g/mol. The van der Waals surface area contributed by atoms with Crippen LogP contribution in [0, 0.1) is 0 Å². The molecule has 0 radical (unpaired) electrons. The Hall–Kier alpha value is -2.14. The van der Waals surface area contributed by atoms with Crippen molar-refractivity contribution in [2.45, 2.75) is 0 Å². The molecule has 2 N–H and O–H groups in total. The number of nitrogens with zero attached hydrogens (tertiary/aromatic N) is 2. The van der Waals surface area contributed by atoms with Crippen molar-refractivity contribution in [3.8, 4) is 16.3 Å². The lowest BCUT2D eigenvalue weighted by molar-refractivity contribution is 0.420. The van der Waals surface area contributed by atoms with E-state index in [0.29, 0.717) is 5.13 Å². The number of hydrogen-bond acceptors (Lipinski definition) is 5. The number of ether oxygens (including phenoxy) is 1. The smallest absolute Gasteiger partial charge is 0.203 e. The van der Waals surface area contributed by atoms with Crippen LogP contribution in [0.3, 0.4) is 0 Å². The number of benzene rings is 2. The van der Waals surface area contributed by atoms with Crippen LogP contribution in [0.1, 0.15) is 0 Å². The Morgan fingerprint density at radius 1 is 1.06 bits per heavy atom. The van der Waals surface area contributed by atoms with Crippen molar-refractivity contribution in [2.75, 3.05) is 12.8 Å². The first-order valence-electron chi connectivity index (χ1n) is 5.44. The Labute approximate surface area is 108 Å². The normalized spacial score (nSPS) is 10.7. The molecule has 0 amide bonds. The Balaban J connectivity index is 2.31. The Morgan fingerprint density at radius 3 is 2.50 bits per heavy atom. The lowest BCUT2D eigenvalue weighted by Crippen LogP contribution is -1.87. The first kappa shape index (κ1) is 11.0. The van der Waals surface area contributed by atoms with E-state index in [2.05, 4.69) is 10.2 Å². The Bertz CT molecular complexity index is 708. The van der Waals surface area contributed by atoms with Crippen LogP contribution in [-0.2, 0) is 0 Å². The van der Waals surface area contributed by atoms with E-state index < -0.39 is 0 Å². The second kappa shape index (κ2) is 4.27. The fourth-order valence-corrected chi connectivity index (χ4v) is 2.63. The topological polar surface area (TPSA) is 61.0 Å². The highest BCUT2D eigenvalue weighted by atomic mass is 32.1. The van der Waals surface area contributed by atoms with Crippen LogP contribution in [0.2, 0.25) is 0 Å². The van der Waals surface area contributed by atoms with Gasteiger partial charge >= 0.3 is 0 Å². The third-order valence-electron chi connectivity index (χ3n) is 2.78. The second-order valence-corrected chi connectivity index (χ2v) is 4.82. The van der Waals surface area contributed by atoms with Gasteiger partial charge in [0, 0.05) is 10.9 Å². The largest absolute Gasteiger partial charge is 0.496 e. The summed E-state index contributed by atoms with van der Waals surface area (Å²) in [6.07, 6.45) is 0. The molecule has 3 aromatic rings. The molecule has 0 aliphatic rings. The standard InChI is InChI=1S/C13H11N3OS/c1-17-11-7-6-10(12-15-16-13(14)18-12)8-4-2-3-5-9(8)11/h2-7H,1H3,(H2,14,16). The predicted molar refractivity (Wildman–Crippen MR) is 73.8 cm³/mol. The summed E-state index contributed by atoms with van der Waals surface area (Å²) in [4.78, 5) is 0. The molecule has 2 aromatic carbocycles. The highest BCUT2D eigenvalue weighted by molar-refractivity contribution is 7.18. The van der Waals surface area contributed by atoms with E-state index in [1.54, 1.807) is 7.11 Å². The van der Waals surface area contributed by atoms with Crippen LogP contribution in [0.25, 0.3) is 21.3 Å². The molecule has 0 atom stereocenters. The van der Waals surface area contributed by atoms with Gasteiger partial charge in [-0.2, -0.15) is 0 Å². The molecule has 5 heteroatoms. The van der Waals surface area contributed by atoms with Gasteiger partial charge < -0.3 is 10.5 Å². The molecule has 18 heavy (non-hydrogen) atoms. The van der Waals surface area contributed by atoms with Crippen LogP contribution in [0.5, 0.6) is 5.75 Å². The summed E-state index contributed by atoms with van der Waals surface area (Å²) in [5, 5.41) is 11.4. The molecule has 0 aliphatic heterocycles. The first-order valence-corrected chi connectivity index (χ1v) is 6.26. The second-order valence-electron chi connectivity index (χ2n) is 3.81. The van der Waals surface area contributed by atoms with Crippen molar-refractivity contribution in [2.24, 2.45) is 0 Å². The molecule has 0 aliphatic carbocycles. The van der Waals surface area contributed by atoms with E-state index in [1.165, 1.54) is 11.3 Å². The molecule has 0 saturated carbocycles. The van der Waals surface area contributed by atoms with Gasteiger partial charge in [-0.15, -0.1) is 10.2 Å². The van der Waals surface area contributed by atoms with Gasteiger partial charge in [-0.1, -0.05) is 35.6 Å². The maximum Gasteiger partial charge on any atom is 0.203 e. The fraction of sp³-hybridized carbons (Fsp3) is 0.0769. The van der Waals surface area contributed by atoms with Crippen molar-refractivity contribution in [3.63, 3.8) is 0 Å². The average Bonchev–Trinajstić information content (AvgIpc) is 2.84. The van der Waals surface area contributed by atoms with Crippen LogP contribution in [0.4, 0.5) is 5.13 Å². The summed E-state index contributed by atoms with van der Waals surface area (Å²) in [7, 11) is 1.67. The van der Waals surface area contributed by atoms with Gasteiger partial charge in [0.2, 0.25) is 5.13 Å². The first-order chi connectivity index (χ1) is 8.79. The SMILES string of the molecule is COc1ccc(-c2nnc(N)s2)c2ccccc12. The van der Waals surface area contributed by atoms with Gasteiger partial charge in [0.05, 0.1) is 7.11 Å². The van der Waals surface area contributed by atoms with E-state index >= 15 is 0 Å². The molecule has 1 aromatic heterocycles. The van der Waals surface area contributed by atoms with Crippen LogP contribution >= 0.6 is 11.3 Å². The zero-order chi connectivity index (χ0) is 12.5. The number of nitrogen functional groups attached to an aromatic ring is 1. The van der Waals surface area contributed by atoms with Crippen LogP contribution in [-0.4, -0.2) is 17.3 Å². The minimum atomic E-state index is 0.477. The molecule has 0 bridgehead atoms. The van der Waals surface area contributed by atoms with Crippen molar-refractivity contribution < 1.29 is 4.74 Å². The van der Waals surface area contributed by atoms with Gasteiger partial charge in [-0.3, -0.25) is 0 Å². The maximum absolute atomic E-state index is 5.64. The van der Waals surface area contributed by atoms with Crippen molar-refractivity contribution in [1.29, 1.82) is 0 Å². The van der Waals surface area contributed by atoms with E-state index in [9.17, 15) is 0 Å². The number of nitrogens with two attached hydrogens (primary N) is 1. The summed E-state index contributed by atoms with van der Waals surface area (Å²) in [6.45, 7) is 0. The molecular formula is C13H11N3OS. The molecule has 0 unspecified atom stereocenters. The molecule has 0 saturated heterocycles. The van der Waals surface area contributed by atoms with Crippen molar-refractivity contribution in [3.05, 3.63) is 36.4 Å². The zero-order valence-electron chi connectivity index (χ0n) is 9.75. The lowest BCUT2D eigenvalue weighted by atomic mass is 10.0. The molecule has 1 heterocycles. The minimum Gasteiger partial charge on any atom is -0.496 e. The number of methoxy groups -OCH3 is 1. The molecule has 90 valence electrons. The third-order valence-corrected chi connectivity index (χ3v) is 3.56. The number of aromatic nitrogens is 2. The Morgan fingerprint density at radius 2 is 1.83 bits per heavy atom. The van der Waals surface area contributed by atoms with Gasteiger partial charge in [0.1, 0.15) is 10.8 Å². The molecule has 4 nitrogen and oxygen atoms in total. The van der Waals surface area contributed by atoms with Crippen LogP contribution < -0.4 is 10.5 Å². The van der Waals surface area contributed by atoms with Crippen LogP contribution in [0.15, 0.2) is 36.4 Å². The van der Waals surface area contributed by atoms with Gasteiger partial charge in [0.15, 0.2) is 0 Å². The summed E-state index contributed by atoms with van der Waals surface area (Å²) < 4.78 is 5.37. The third kappa shape index (κ3) is 1.69. The molecule has 0 spiro atoms.